The first-order chi connectivity index (χ1) is 10.5. The molecular formula is C14H12F3N3O2. The van der Waals surface area contributed by atoms with Gasteiger partial charge in [-0.15, -0.1) is 0 Å². The van der Waals surface area contributed by atoms with E-state index >= 15 is 0 Å². The van der Waals surface area contributed by atoms with E-state index in [1.165, 1.54) is 24.5 Å². The van der Waals surface area contributed by atoms with Crippen molar-refractivity contribution >= 4 is 11.7 Å². The number of nitrogens with zero attached hydrogens (tertiary/aromatic N) is 1. The summed E-state index contributed by atoms with van der Waals surface area (Å²) in [5.41, 5.74) is 0.351. The first kappa shape index (κ1) is 15.8. The number of benzene rings is 1. The normalized spacial score (nSPS) is 11.8. The van der Waals surface area contributed by atoms with Crippen LogP contribution in [0.15, 0.2) is 36.7 Å². The van der Waals surface area contributed by atoms with E-state index in [1.54, 1.807) is 0 Å². The molecule has 22 heavy (non-hydrogen) atoms. The van der Waals surface area contributed by atoms with Crippen LogP contribution < -0.4 is 10.6 Å². The molecule has 1 aromatic heterocycles. The molecular weight excluding hydrogens is 299 g/mol. The number of hydrogen-bond donors (Lipinski definition) is 3. The molecule has 2 aromatic rings. The lowest BCUT2D eigenvalue weighted by Gasteiger charge is -2.17. The number of rotatable bonds is 4. The average Bonchev–Trinajstić information content (AvgIpc) is 2.50. The van der Waals surface area contributed by atoms with Crippen LogP contribution in [0.1, 0.15) is 11.6 Å². The third kappa shape index (κ3) is 3.73. The van der Waals surface area contributed by atoms with Crippen molar-refractivity contribution in [2.75, 3.05) is 11.9 Å². The van der Waals surface area contributed by atoms with Gasteiger partial charge in [-0.3, -0.25) is 4.98 Å². The number of pyridine rings is 1. The minimum absolute atomic E-state index is 0.0937. The van der Waals surface area contributed by atoms with Crippen LogP contribution >= 0.6 is 0 Å². The van der Waals surface area contributed by atoms with E-state index in [1.807, 2.05) is 0 Å². The van der Waals surface area contributed by atoms with Gasteiger partial charge in [0, 0.05) is 18.1 Å². The van der Waals surface area contributed by atoms with Gasteiger partial charge >= 0.3 is 6.03 Å². The van der Waals surface area contributed by atoms with Crippen molar-refractivity contribution in [3.05, 3.63) is 59.7 Å². The van der Waals surface area contributed by atoms with Crippen LogP contribution in [0.4, 0.5) is 23.7 Å². The predicted octanol–water partition coefficient (Wildman–Crippen LogP) is 2.35. The number of aliphatic hydroxyl groups is 1. The summed E-state index contributed by atoms with van der Waals surface area (Å²) in [4.78, 5) is 15.6. The quantitative estimate of drug-likeness (QED) is 0.759. The first-order valence-electron chi connectivity index (χ1n) is 6.24. The highest BCUT2D eigenvalue weighted by Gasteiger charge is 2.18. The summed E-state index contributed by atoms with van der Waals surface area (Å²) in [6.45, 7) is -0.617. The number of carbonyl (C=O) groups is 1. The number of nitrogens with one attached hydrogen (secondary N) is 2. The van der Waals surface area contributed by atoms with Gasteiger partial charge in [-0.05, 0) is 29.8 Å². The monoisotopic (exact) mass is 311 g/mol. The minimum Gasteiger partial charge on any atom is -0.394 e. The lowest BCUT2D eigenvalue weighted by Crippen LogP contribution is -2.34. The molecule has 1 aromatic carbocycles. The summed E-state index contributed by atoms with van der Waals surface area (Å²) < 4.78 is 39.3. The summed E-state index contributed by atoms with van der Waals surface area (Å²) in [5.74, 6) is -4.41. The van der Waals surface area contributed by atoms with Gasteiger partial charge < -0.3 is 15.7 Å². The molecule has 0 aliphatic carbocycles. The maximum atomic E-state index is 13.2. The molecule has 0 spiro atoms. The number of amides is 2. The molecule has 116 valence electrons. The molecule has 0 bridgehead atoms. The molecule has 8 heteroatoms. The SMILES string of the molecule is O=C(Nc1ccncc1)NC(CO)c1cc(F)c(F)c(F)c1. The third-order valence-electron chi connectivity index (χ3n) is 2.83. The molecule has 0 fully saturated rings. The number of aliphatic hydroxyl groups excluding tert-OH is 1. The zero-order valence-electron chi connectivity index (χ0n) is 11.2. The van der Waals surface area contributed by atoms with Crippen LogP contribution in [0.2, 0.25) is 0 Å². The fraction of sp³-hybridized carbons (Fsp3) is 0.143. The highest BCUT2D eigenvalue weighted by Crippen LogP contribution is 2.19. The lowest BCUT2D eigenvalue weighted by molar-refractivity contribution is 0.225. The number of anilines is 1. The van der Waals surface area contributed by atoms with Crippen molar-refractivity contribution in [3.8, 4) is 0 Å². The van der Waals surface area contributed by atoms with E-state index in [2.05, 4.69) is 15.6 Å². The fourth-order valence-electron chi connectivity index (χ4n) is 1.77. The third-order valence-corrected chi connectivity index (χ3v) is 2.83. The molecule has 0 aliphatic heterocycles. The number of hydrogen-bond acceptors (Lipinski definition) is 3. The molecule has 0 aliphatic rings. The van der Waals surface area contributed by atoms with E-state index < -0.39 is 36.1 Å². The molecule has 1 unspecified atom stereocenters. The summed E-state index contributed by atoms with van der Waals surface area (Å²) in [5, 5.41) is 14.0. The first-order valence-corrected chi connectivity index (χ1v) is 6.24. The van der Waals surface area contributed by atoms with Crippen molar-refractivity contribution in [3.63, 3.8) is 0 Å². The molecule has 0 radical (unpaired) electrons. The summed E-state index contributed by atoms with van der Waals surface area (Å²) in [6, 6.07) is 2.70. The van der Waals surface area contributed by atoms with E-state index in [4.69, 9.17) is 0 Å². The van der Waals surface area contributed by atoms with Crippen molar-refractivity contribution in [2.45, 2.75) is 6.04 Å². The Morgan fingerprint density at radius 1 is 1.18 bits per heavy atom. The number of halogens is 3. The largest absolute Gasteiger partial charge is 0.394 e. The Labute approximate surface area is 123 Å². The van der Waals surface area contributed by atoms with Gasteiger partial charge in [-0.2, -0.15) is 0 Å². The molecule has 0 saturated heterocycles. The zero-order valence-corrected chi connectivity index (χ0v) is 11.2. The maximum Gasteiger partial charge on any atom is 0.319 e. The fourth-order valence-corrected chi connectivity index (χ4v) is 1.77. The predicted molar refractivity (Wildman–Crippen MR) is 72.5 cm³/mol. The molecule has 1 heterocycles. The number of urea groups is 1. The summed E-state index contributed by atoms with van der Waals surface area (Å²) >= 11 is 0. The minimum atomic E-state index is -1.61. The van der Waals surface area contributed by atoms with Gasteiger partial charge in [-0.1, -0.05) is 0 Å². The highest BCUT2D eigenvalue weighted by molar-refractivity contribution is 5.89. The maximum absolute atomic E-state index is 13.2. The molecule has 2 amide bonds. The Hall–Kier alpha value is -2.61. The Morgan fingerprint density at radius 2 is 1.77 bits per heavy atom. The molecule has 3 N–H and O–H groups in total. The second-order valence-corrected chi connectivity index (χ2v) is 4.37. The van der Waals surface area contributed by atoms with Crippen molar-refractivity contribution < 1.29 is 23.1 Å². The van der Waals surface area contributed by atoms with Gasteiger partial charge in [0.25, 0.3) is 0 Å². The van der Waals surface area contributed by atoms with E-state index in [-0.39, 0.29) is 5.56 Å². The van der Waals surface area contributed by atoms with Gasteiger partial charge in [-0.25, -0.2) is 18.0 Å². The van der Waals surface area contributed by atoms with Crippen LogP contribution in [-0.4, -0.2) is 22.7 Å². The van der Waals surface area contributed by atoms with Crippen LogP contribution in [0.5, 0.6) is 0 Å². The molecule has 0 saturated carbocycles. The van der Waals surface area contributed by atoms with E-state index in [0.29, 0.717) is 17.8 Å². The van der Waals surface area contributed by atoms with Crippen LogP contribution in [0.3, 0.4) is 0 Å². The van der Waals surface area contributed by atoms with Gasteiger partial charge in [0.05, 0.1) is 12.6 Å². The molecule has 5 nitrogen and oxygen atoms in total. The van der Waals surface area contributed by atoms with Crippen molar-refractivity contribution in [1.82, 2.24) is 10.3 Å². The zero-order chi connectivity index (χ0) is 16.1. The van der Waals surface area contributed by atoms with Gasteiger partial charge in [0.2, 0.25) is 0 Å². The topological polar surface area (TPSA) is 74.2 Å². The lowest BCUT2D eigenvalue weighted by atomic mass is 10.1. The van der Waals surface area contributed by atoms with Gasteiger partial charge in [0.15, 0.2) is 17.5 Å². The Balaban J connectivity index is 2.10. The molecule has 1 atom stereocenters. The Bertz CT molecular complexity index is 645. The smallest absolute Gasteiger partial charge is 0.319 e. The average molecular weight is 311 g/mol. The van der Waals surface area contributed by atoms with Crippen LogP contribution in [0, 0.1) is 17.5 Å². The van der Waals surface area contributed by atoms with Crippen molar-refractivity contribution in [2.24, 2.45) is 0 Å². The van der Waals surface area contributed by atoms with Crippen LogP contribution in [0.25, 0.3) is 0 Å². The standard InChI is InChI=1S/C14H12F3N3O2/c15-10-5-8(6-11(16)13(10)17)12(7-21)20-14(22)19-9-1-3-18-4-2-9/h1-6,12,21H,7H2,(H2,18,19,20,22). The van der Waals surface area contributed by atoms with Crippen LogP contribution in [-0.2, 0) is 0 Å². The second-order valence-electron chi connectivity index (χ2n) is 4.37. The second kappa shape index (κ2) is 6.90. The van der Waals surface area contributed by atoms with Crippen molar-refractivity contribution in [1.29, 1.82) is 0 Å². The van der Waals surface area contributed by atoms with Gasteiger partial charge in [0.1, 0.15) is 0 Å². The summed E-state index contributed by atoms with van der Waals surface area (Å²) in [6.07, 6.45) is 2.92. The highest BCUT2D eigenvalue weighted by atomic mass is 19.2. The number of carbonyl (C=O) groups excluding carboxylic acids is 1. The van der Waals surface area contributed by atoms with E-state index in [0.717, 1.165) is 0 Å². The Morgan fingerprint density at radius 3 is 2.32 bits per heavy atom. The van der Waals surface area contributed by atoms with E-state index in [9.17, 15) is 23.1 Å². The Kier molecular flexibility index (Phi) is 4.95. The number of aromatic nitrogens is 1. The molecule has 2 rings (SSSR count). The summed E-state index contributed by atoms with van der Waals surface area (Å²) in [7, 11) is 0.